The van der Waals surface area contributed by atoms with E-state index in [1.165, 1.54) is 22.1 Å². The van der Waals surface area contributed by atoms with Crippen LogP contribution < -0.4 is 4.90 Å². The lowest BCUT2D eigenvalue weighted by atomic mass is 10.1. The van der Waals surface area contributed by atoms with E-state index >= 15 is 0 Å². The van der Waals surface area contributed by atoms with Crippen LogP contribution in [0.25, 0.3) is 0 Å². The van der Waals surface area contributed by atoms with Gasteiger partial charge in [-0.1, -0.05) is 0 Å². The lowest BCUT2D eigenvalue weighted by Gasteiger charge is -2.21. The van der Waals surface area contributed by atoms with E-state index in [-0.39, 0.29) is 5.69 Å². The zero-order valence-corrected chi connectivity index (χ0v) is 14.7. The number of nitro groups is 1. The van der Waals surface area contributed by atoms with Gasteiger partial charge in [-0.25, -0.2) is 9.97 Å². The van der Waals surface area contributed by atoms with Crippen LogP contribution in [0.2, 0.25) is 0 Å². The second-order valence-electron chi connectivity index (χ2n) is 6.28. The zero-order valence-electron chi connectivity index (χ0n) is 13.9. The Balaban J connectivity index is 1.52. The SMILES string of the molecule is Cc1ccc(CN2CCC(CN(C)c3ncc([N+](=O)[O-])cn3)C2)s1. The molecule has 0 aliphatic carbocycles. The molecule has 0 aromatic carbocycles. The molecule has 1 unspecified atom stereocenters. The number of rotatable bonds is 6. The van der Waals surface area contributed by atoms with Gasteiger partial charge in [-0.2, -0.15) is 0 Å². The van der Waals surface area contributed by atoms with Crippen LogP contribution in [-0.4, -0.2) is 46.5 Å². The van der Waals surface area contributed by atoms with Crippen molar-refractivity contribution < 1.29 is 4.92 Å². The fourth-order valence-electron chi connectivity index (χ4n) is 3.07. The third-order valence-corrected chi connectivity index (χ3v) is 5.24. The highest BCUT2D eigenvalue weighted by molar-refractivity contribution is 7.11. The summed E-state index contributed by atoms with van der Waals surface area (Å²) < 4.78 is 0. The first-order chi connectivity index (χ1) is 11.5. The third kappa shape index (κ3) is 4.07. The van der Waals surface area contributed by atoms with Crippen molar-refractivity contribution >= 4 is 23.0 Å². The van der Waals surface area contributed by atoms with Crippen LogP contribution in [0.5, 0.6) is 0 Å². The minimum Gasteiger partial charge on any atom is -0.344 e. The first-order valence-corrected chi connectivity index (χ1v) is 8.78. The predicted molar refractivity (Wildman–Crippen MR) is 94.4 cm³/mol. The summed E-state index contributed by atoms with van der Waals surface area (Å²) in [7, 11) is 1.94. The normalized spacial score (nSPS) is 18.0. The number of anilines is 1. The van der Waals surface area contributed by atoms with E-state index in [0.29, 0.717) is 11.9 Å². The van der Waals surface area contributed by atoms with Crippen LogP contribution in [-0.2, 0) is 6.54 Å². The second-order valence-corrected chi connectivity index (χ2v) is 7.65. The van der Waals surface area contributed by atoms with Crippen LogP contribution in [0.1, 0.15) is 16.2 Å². The van der Waals surface area contributed by atoms with Crippen LogP contribution in [0.4, 0.5) is 11.6 Å². The Labute approximate surface area is 145 Å². The highest BCUT2D eigenvalue weighted by atomic mass is 32.1. The number of aromatic nitrogens is 2. The maximum Gasteiger partial charge on any atom is 0.305 e. The lowest BCUT2D eigenvalue weighted by molar-refractivity contribution is -0.385. The molecule has 2 aromatic heterocycles. The summed E-state index contributed by atoms with van der Waals surface area (Å²) in [6.45, 7) is 6.19. The monoisotopic (exact) mass is 347 g/mol. The van der Waals surface area contributed by atoms with Crippen LogP contribution in [0.15, 0.2) is 24.5 Å². The Morgan fingerprint density at radius 2 is 2.17 bits per heavy atom. The van der Waals surface area contributed by atoms with E-state index in [0.717, 1.165) is 32.6 Å². The highest BCUT2D eigenvalue weighted by Gasteiger charge is 2.24. The van der Waals surface area contributed by atoms with Gasteiger partial charge in [0, 0.05) is 36.4 Å². The van der Waals surface area contributed by atoms with E-state index in [4.69, 9.17) is 0 Å². The molecule has 0 N–H and O–H groups in total. The molecule has 0 spiro atoms. The number of hydrogen-bond donors (Lipinski definition) is 0. The van der Waals surface area contributed by atoms with Gasteiger partial charge in [0.15, 0.2) is 0 Å². The fourth-order valence-corrected chi connectivity index (χ4v) is 4.00. The van der Waals surface area contributed by atoms with Crippen LogP contribution >= 0.6 is 11.3 Å². The summed E-state index contributed by atoms with van der Waals surface area (Å²) in [6.07, 6.45) is 3.68. The van der Waals surface area contributed by atoms with E-state index in [2.05, 4.69) is 33.9 Å². The molecule has 24 heavy (non-hydrogen) atoms. The van der Waals surface area contributed by atoms with Gasteiger partial charge in [0.05, 0.1) is 4.92 Å². The maximum atomic E-state index is 10.7. The molecule has 0 bridgehead atoms. The van der Waals surface area contributed by atoms with E-state index < -0.39 is 4.92 Å². The molecule has 0 amide bonds. The van der Waals surface area contributed by atoms with Crippen molar-refractivity contribution in [1.82, 2.24) is 14.9 Å². The first kappa shape index (κ1) is 16.8. The molecule has 1 aliphatic heterocycles. The summed E-state index contributed by atoms with van der Waals surface area (Å²) in [5.41, 5.74) is -0.0783. The molecule has 8 heteroatoms. The second kappa shape index (κ2) is 7.23. The molecular weight excluding hydrogens is 326 g/mol. The summed E-state index contributed by atoms with van der Waals surface area (Å²) in [5.74, 6) is 1.10. The smallest absolute Gasteiger partial charge is 0.305 e. The van der Waals surface area contributed by atoms with Gasteiger partial charge >= 0.3 is 5.69 Å². The van der Waals surface area contributed by atoms with Crippen molar-refractivity contribution in [3.05, 3.63) is 44.4 Å². The molecule has 1 saturated heterocycles. The molecule has 1 fully saturated rings. The van der Waals surface area contributed by atoms with Crippen molar-refractivity contribution in [2.75, 3.05) is 31.6 Å². The Morgan fingerprint density at radius 3 is 2.79 bits per heavy atom. The third-order valence-electron chi connectivity index (χ3n) is 4.25. The predicted octanol–water partition coefficient (Wildman–Crippen LogP) is 2.71. The molecule has 1 atom stereocenters. The number of likely N-dealkylation sites (tertiary alicyclic amines) is 1. The quantitative estimate of drug-likeness (QED) is 0.591. The van der Waals surface area contributed by atoms with Crippen molar-refractivity contribution in [3.8, 4) is 0 Å². The molecule has 128 valence electrons. The van der Waals surface area contributed by atoms with Crippen molar-refractivity contribution in [2.24, 2.45) is 5.92 Å². The molecule has 0 radical (unpaired) electrons. The average Bonchev–Trinajstić information content (AvgIpc) is 3.17. The van der Waals surface area contributed by atoms with Crippen molar-refractivity contribution in [2.45, 2.75) is 19.9 Å². The molecule has 7 nitrogen and oxygen atoms in total. The number of aryl methyl sites for hydroxylation is 1. The number of hydrogen-bond acceptors (Lipinski definition) is 7. The van der Waals surface area contributed by atoms with Gasteiger partial charge in [-0.15, -0.1) is 11.3 Å². The molecule has 0 saturated carbocycles. The van der Waals surface area contributed by atoms with E-state index in [1.54, 1.807) is 0 Å². The summed E-state index contributed by atoms with van der Waals surface area (Å²) in [4.78, 5) is 25.6. The van der Waals surface area contributed by atoms with Gasteiger partial charge in [0.1, 0.15) is 12.4 Å². The Morgan fingerprint density at radius 1 is 1.42 bits per heavy atom. The Hall–Kier alpha value is -2.06. The van der Waals surface area contributed by atoms with Gasteiger partial charge in [0.25, 0.3) is 0 Å². The fraction of sp³-hybridized carbons (Fsp3) is 0.500. The van der Waals surface area contributed by atoms with Gasteiger partial charge in [0.2, 0.25) is 5.95 Å². The summed E-state index contributed by atoms with van der Waals surface area (Å²) >= 11 is 1.86. The van der Waals surface area contributed by atoms with Crippen LogP contribution in [0, 0.1) is 23.0 Å². The molecule has 1 aliphatic rings. The minimum absolute atomic E-state index is 0.0783. The summed E-state index contributed by atoms with van der Waals surface area (Å²) in [6, 6.07) is 4.39. The maximum absolute atomic E-state index is 10.7. The molecular formula is C16H21N5O2S. The highest BCUT2D eigenvalue weighted by Crippen LogP contribution is 2.23. The van der Waals surface area contributed by atoms with Crippen LogP contribution in [0.3, 0.4) is 0 Å². The van der Waals surface area contributed by atoms with E-state index in [9.17, 15) is 10.1 Å². The number of nitrogens with zero attached hydrogens (tertiary/aromatic N) is 5. The van der Waals surface area contributed by atoms with Gasteiger partial charge in [-0.3, -0.25) is 15.0 Å². The molecule has 3 rings (SSSR count). The average molecular weight is 347 g/mol. The zero-order chi connectivity index (χ0) is 17.1. The Kier molecular flexibility index (Phi) is 5.06. The lowest BCUT2D eigenvalue weighted by Crippen LogP contribution is -2.29. The largest absolute Gasteiger partial charge is 0.344 e. The summed E-state index contributed by atoms with van der Waals surface area (Å²) in [5, 5.41) is 10.7. The number of thiophene rings is 1. The van der Waals surface area contributed by atoms with E-state index in [1.807, 2.05) is 23.3 Å². The van der Waals surface area contributed by atoms with Gasteiger partial charge < -0.3 is 4.90 Å². The first-order valence-electron chi connectivity index (χ1n) is 7.96. The van der Waals surface area contributed by atoms with Crippen molar-refractivity contribution in [1.29, 1.82) is 0 Å². The standard InChI is InChI=1S/C16H21N5O2S/c1-12-3-4-15(24-12)11-20-6-5-13(10-20)9-19(2)16-17-7-14(8-18-16)21(22)23/h3-4,7-8,13H,5-6,9-11H2,1-2H3. The molecule has 3 heterocycles. The molecule has 2 aromatic rings. The topological polar surface area (TPSA) is 75.4 Å². The minimum atomic E-state index is -0.481. The Bertz CT molecular complexity index is 703. The van der Waals surface area contributed by atoms with Crippen molar-refractivity contribution in [3.63, 3.8) is 0 Å². The van der Waals surface area contributed by atoms with Gasteiger partial charge in [-0.05, 0) is 37.9 Å².